The molecule has 0 radical (unpaired) electrons. The molecule has 2 aliphatic rings. The number of nitrogens with zero attached hydrogens (tertiary/aromatic N) is 2. The van der Waals surface area contributed by atoms with Gasteiger partial charge in [-0.3, -0.25) is 0 Å². The van der Waals surface area contributed by atoms with E-state index in [4.69, 9.17) is 0 Å². The maximum atomic E-state index is 13.0. The van der Waals surface area contributed by atoms with Crippen molar-refractivity contribution in [2.75, 3.05) is 26.2 Å². The molecule has 1 unspecified atom stereocenters. The number of rotatable bonds is 8. The number of nitrogens with one attached hydrogen (secondary N) is 1. The highest BCUT2D eigenvalue weighted by atomic mass is 16.2. The minimum atomic E-state index is 0.0760. The summed E-state index contributed by atoms with van der Waals surface area (Å²) in [6, 6.07) is 11.1. The van der Waals surface area contributed by atoms with Gasteiger partial charge >= 0.3 is 6.03 Å². The topological polar surface area (TPSA) is 35.6 Å². The van der Waals surface area contributed by atoms with Crippen LogP contribution < -0.4 is 5.32 Å². The van der Waals surface area contributed by atoms with Crippen LogP contribution in [0.1, 0.15) is 57.6 Å². The molecule has 1 heterocycles. The third-order valence-corrected chi connectivity index (χ3v) is 5.33. The van der Waals surface area contributed by atoms with Crippen LogP contribution in [0.25, 0.3) is 0 Å². The van der Waals surface area contributed by atoms with Gasteiger partial charge in [0.15, 0.2) is 0 Å². The van der Waals surface area contributed by atoms with Crippen LogP contribution in [-0.2, 0) is 0 Å². The van der Waals surface area contributed by atoms with Crippen molar-refractivity contribution in [2.24, 2.45) is 5.92 Å². The average molecular weight is 344 g/mol. The van der Waals surface area contributed by atoms with Gasteiger partial charge in [-0.05, 0) is 56.7 Å². The smallest absolute Gasteiger partial charge is 0.318 e. The highest BCUT2D eigenvalue weighted by Crippen LogP contribution is 2.28. The van der Waals surface area contributed by atoms with Crippen LogP contribution in [-0.4, -0.2) is 48.1 Å². The zero-order valence-corrected chi connectivity index (χ0v) is 15.8. The summed E-state index contributed by atoms with van der Waals surface area (Å²) < 4.78 is 0. The molecule has 1 aromatic rings. The standard InChI is InChI=1S/C21H33N3O/c1-17(2)12-15-24(19-10-11-19)21(25)22-20(16-23-13-6-7-14-23)18-8-4-3-5-9-18/h3-5,8-9,17,19-20H,6-7,10-16H2,1-2H3,(H,22,25). The van der Waals surface area contributed by atoms with Crippen molar-refractivity contribution in [1.29, 1.82) is 0 Å². The van der Waals surface area contributed by atoms with E-state index < -0.39 is 0 Å². The monoisotopic (exact) mass is 343 g/mol. The first-order chi connectivity index (χ1) is 12.1. The second kappa shape index (κ2) is 8.70. The van der Waals surface area contributed by atoms with Crippen molar-refractivity contribution in [1.82, 2.24) is 15.1 Å². The molecule has 4 nitrogen and oxygen atoms in total. The summed E-state index contributed by atoms with van der Waals surface area (Å²) in [5.74, 6) is 0.628. The van der Waals surface area contributed by atoms with E-state index in [0.717, 1.165) is 45.4 Å². The van der Waals surface area contributed by atoms with E-state index >= 15 is 0 Å². The van der Waals surface area contributed by atoms with E-state index in [0.29, 0.717) is 12.0 Å². The Labute approximate surface area is 152 Å². The lowest BCUT2D eigenvalue weighted by Gasteiger charge is -2.29. The molecule has 1 saturated heterocycles. The number of hydrogen-bond acceptors (Lipinski definition) is 2. The largest absolute Gasteiger partial charge is 0.330 e. The molecule has 3 rings (SSSR count). The molecule has 2 amide bonds. The van der Waals surface area contributed by atoms with Crippen LogP contribution in [0.4, 0.5) is 4.79 Å². The van der Waals surface area contributed by atoms with E-state index in [9.17, 15) is 4.79 Å². The molecule has 0 spiro atoms. The number of amides is 2. The summed E-state index contributed by atoms with van der Waals surface area (Å²) in [6.45, 7) is 8.54. The SMILES string of the molecule is CC(C)CCN(C(=O)NC(CN1CCCC1)c1ccccc1)C1CC1. The second-order valence-corrected chi connectivity index (χ2v) is 8.03. The molecule has 1 aromatic carbocycles. The molecule has 1 saturated carbocycles. The molecule has 138 valence electrons. The normalized spacial score (nSPS) is 19.2. The summed E-state index contributed by atoms with van der Waals surface area (Å²) >= 11 is 0. The predicted molar refractivity (Wildman–Crippen MR) is 103 cm³/mol. The van der Waals surface area contributed by atoms with Crippen molar-refractivity contribution in [3.63, 3.8) is 0 Å². The average Bonchev–Trinajstić information content (AvgIpc) is 3.30. The van der Waals surface area contributed by atoms with Gasteiger partial charge in [0, 0.05) is 19.1 Å². The van der Waals surface area contributed by atoms with Crippen molar-refractivity contribution in [2.45, 2.75) is 58.0 Å². The quantitative estimate of drug-likeness (QED) is 0.773. The number of benzene rings is 1. The van der Waals surface area contributed by atoms with Crippen molar-refractivity contribution >= 4 is 6.03 Å². The number of urea groups is 1. The summed E-state index contributed by atoms with van der Waals surface area (Å²) in [4.78, 5) is 17.6. The predicted octanol–water partition coefficient (Wildman–Crippen LogP) is 4.04. The van der Waals surface area contributed by atoms with Gasteiger partial charge < -0.3 is 15.1 Å². The molecule has 1 aliphatic carbocycles. The first-order valence-electron chi connectivity index (χ1n) is 9.98. The lowest BCUT2D eigenvalue weighted by Crippen LogP contribution is -2.46. The fourth-order valence-corrected chi connectivity index (χ4v) is 3.61. The zero-order chi connectivity index (χ0) is 17.6. The second-order valence-electron chi connectivity index (χ2n) is 8.03. The summed E-state index contributed by atoms with van der Waals surface area (Å²) in [7, 11) is 0. The minimum absolute atomic E-state index is 0.0760. The molecule has 0 aromatic heterocycles. The Morgan fingerprint density at radius 1 is 1.20 bits per heavy atom. The Balaban J connectivity index is 1.66. The third-order valence-electron chi connectivity index (χ3n) is 5.33. The van der Waals surface area contributed by atoms with Gasteiger partial charge in [0.25, 0.3) is 0 Å². The van der Waals surface area contributed by atoms with Crippen molar-refractivity contribution in [3.05, 3.63) is 35.9 Å². The maximum absolute atomic E-state index is 13.0. The van der Waals surface area contributed by atoms with Gasteiger partial charge in [-0.25, -0.2) is 4.79 Å². The number of likely N-dealkylation sites (tertiary alicyclic amines) is 1. The Kier molecular flexibility index (Phi) is 6.35. The lowest BCUT2D eigenvalue weighted by molar-refractivity contribution is 0.182. The van der Waals surface area contributed by atoms with E-state index in [2.05, 4.69) is 53.2 Å². The van der Waals surface area contributed by atoms with E-state index in [-0.39, 0.29) is 12.1 Å². The molecule has 2 fully saturated rings. The minimum Gasteiger partial charge on any atom is -0.330 e. The summed E-state index contributed by atoms with van der Waals surface area (Å²) in [5.41, 5.74) is 1.21. The fourth-order valence-electron chi connectivity index (χ4n) is 3.61. The first-order valence-corrected chi connectivity index (χ1v) is 9.98. The number of carbonyl (C=O) groups excluding carboxylic acids is 1. The van der Waals surface area contributed by atoms with Gasteiger partial charge in [-0.15, -0.1) is 0 Å². The number of hydrogen-bond donors (Lipinski definition) is 1. The summed E-state index contributed by atoms with van der Waals surface area (Å²) in [6.07, 6.45) is 5.95. The van der Waals surface area contributed by atoms with Crippen LogP contribution in [0.15, 0.2) is 30.3 Å². The number of carbonyl (C=O) groups is 1. The van der Waals surface area contributed by atoms with Crippen LogP contribution in [0, 0.1) is 5.92 Å². The first kappa shape index (κ1) is 18.2. The van der Waals surface area contributed by atoms with E-state index in [1.54, 1.807) is 0 Å². The van der Waals surface area contributed by atoms with Crippen molar-refractivity contribution < 1.29 is 4.79 Å². The zero-order valence-electron chi connectivity index (χ0n) is 15.8. The molecule has 0 bridgehead atoms. The van der Waals surface area contributed by atoms with Gasteiger partial charge in [-0.2, -0.15) is 0 Å². The molecule has 1 aliphatic heterocycles. The Bertz CT molecular complexity index is 535. The molecule has 25 heavy (non-hydrogen) atoms. The highest BCUT2D eigenvalue weighted by Gasteiger charge is 2.33. The molecule has 1 atom stereocenters. The van der Waals surface area contributed by atoms with Crippen LogP contribution in [0.2, 0.25) is 0 Å². The Morgan fingerprint density at radius 3 is 2.48 bits per heavy atom. The molecular formula is C21H33N3O. The molecular weight excluding hydrogens is 310 g/mol. The fraction of sp³-hybridized carbons (Fsp3) is 0.667. The summed E-state index contributed by atoms with van der Waals surface area (Å²) in [5, 5.41) is 3.35. The lowest BCUT2D eigenvalue weighted by atomic mass is 10.1. The van der Waals surface area contributed by atoms with E-state index in [1.807, 2.05) is 6.07 Å². The van der Waals surface area contributed by atoms with Gasteiger partial charge in [0.1, 0.15) is 0 Å². The van der Waals surface area contributed by atoms with Crippen LogP contribution in [0.5, 0.6) is 0 Å². The van der Waals surface area contributed by atoms with Crippen molar-refractivity contribution in [3.8, 4) is 0 Å². The van der Waals surface area contributed by atoms with Gasteiger partial charge in [0.2, 0.25) is 0 Å². The Morgan fingerprint density at radius 2 is 1.88 bits per heavy atom. The molecule has 1 N–H and O–H groups in total. The van der Waals surface area contributed by atoms with Crippen LogP contribution in [0.3, 0.4) is 0 Å². The third kappa shape index (κ3) is 5.46. The highest BCUT2D eigenvalue weighted by molar-refractivity contribution is 5.75. The van der Waals surface area contributed by atoms with Crippen LogP contribution >= 0.6 is 0 Å². The Hall–Kier alpha value is -1.55. The molecule has 4 heteroatoms. The maximum Gasteiger partial charge on any atom is 0.318 e. The van der Waals surface area contributed by atoms with E-state index in [1.165, 1.54) is 18.4 Å². The van der Waals surface area contributed by atoms with Gasteiger partial charge in [0.05, 0.1) is 6.04 Å². The van der Waals surface area contributed by atoms with Gasteiger partial charge in [-0.1, -0.05) is 44.2 Å².